The van der Waals surface area contributed by atoms with Crippen molar-refractivity contribution < 1.29 is 14.4 Å². The molecular weight excluding hydrogens is 482 g/mol. The molecule has 2 aromatic heterocycles. The lowest BCUT2D eigenvalue weighted by molar-refractivity contribution is -0.121. The van der Waals surface area contributed by atoms with Crippen molar-refractivity contribution in [3.8, 4) is 0 Å². The summed E-state index contributed by atoms with van der Waals surface area (Å²) in [5.41, 5.74) is 2.34. The number of carbonyl (C=O) groups is 3. The number of anilines is 2. The minimum Gasteiger partial charge on any atom is -0.352 e. The summed E-state index contributed by atoms with van der Waals surface area (Å²) in [4.78, 5) is 49.7. The van der Waals surface area contributed by atoms with Crippen molar-refractivity contribution in [3.05, 3.63) is 118 Å². The van der Waals surface area contributed by atoms with Crippen LogP contribution in [0.5, 0.6) is 0 Å². The number of Topliss-reactive ketones (excluding diaryl/α,β-unsaturated/α-hetero) is 2. The molecule has 7 rings (SSSR count). The fraction of sp³-hybridized carbons (Fsp3) is 0.133. The van der Waals surface area contributed by atoms with Gasteiger partial charge in [-0.2, -0.15) is 0 Å². The van der Waals surface area contributed by atoms with Crippen molar-refractivity contribution in [3.63, 3.8) is 0 Å². The molecule has 180 valence electrons. The number of carbonyl (C=O) groups excluding carboxylic acids is 3. The monoisotopic (exact) mass is 503 g/mol. The Hall–Kier alpha value is -4.36. The molecule has 1 fully saturated rings. The average Bonchev–Trinajstić information content (AvgIpc) is 3.65. The van der Waals surface area contributed by atoms with Crippen LogP contribution in [0, 0.1) is 5.92 Å². The number of pyridine rings is 1. The second-order valence-corrected chi connectivity index (χ2v) is 10.5. The second kappa shape index (κ2) is 8.08. The Kier molecular flexibility index (Phi) is 4.78. The number of aromatic nitrogens is 1. The number of rotatable bonds is 4. The molecule has 2 aromatic carbocycles. The van der Waals surface area contributed by atoms with Gasteiger partial charge in [-0.1, -0.05) is 54.6 Å². The molecule has 1 saturated heterocycles. The first kappa shape index (κ1) is 21.9. The standard InChI is InChI=1S/C30H21N3O3S/c34-27(19-13-15-31-16-14-19)25-26(28(35)23-10-5-17-37-23)33-22-9-4-1-6-18(22)11-12-24(33)30(25)20-7-2-3-8-21(20)32-29(30)36/h1-17,24-26H,(H,32,36)/t24-,25+,26+,30-/m1/s1. The number of ketones is 2. The van der Waals surface area contributed by atoms with Gasteiger partial charge in [-0.25, -0.2) is 0 Å². The third kappa shape index (κ3) is 2.92. The minimum absolute atomic E-state index is 0.161. The Labute approximate surface area is 217 Å². The van der Waals surface area contributed by atoms with Crippen molar-refractivity contribution in [2.75, 3.05) is 10.2 Å². The maximum Gasteiger partial charge on any atom is 0.238 e. The van der Waals surface area contributed by atoms with E-state index in [4.69, 9.17) is 0 Å². The van der Waals surface area contributed by atoms with Gasteiger partial charge in [0, 0.05) is 29.3 Å². The fourth-order valence-electron chi connectivity index (χ4n) is 6.38. The van der Waals surface area contributed by atoms with Gasteiger partial charge in [-0.3, -0.25) is 19.4 Å². The fourth-order valence-corrected chi connectivity index (χ4v) is 7.08. The van der Waals surface area contributed by atoms with E-state index in [2.05, 4.69) is 10.3 Å². The molecule has 0 aliphatic carbocycles. The zero-order valence-electron chi connectivity index (χ0n) is 19.6. The molecule has 7 heteroatoms. The summed E-state index contributed by atoms with van der Waals surface area (Å²) in [5.74, 6) is -1.63. The number of benzene rings is 2. The van der Waals surface area contributed by atoms with Gasteiger partial charge < -0.3 is 10.2 Å². The van der Waals surface area contributed by atoms with Crippen molar-refractivity contribution in [2.24, 2.45) is 5.92 Å². The first-order valence-corrected chi connectivity index (χ1v) is 13.0. The van der Waals surface area contributed by atoms with Crippen LogP contribution in [0.4, 0.5) is 11.4 Å². The second-order valence-electron chi connectivity index (χ2n) is 9.50. The van der Waals surface area contributed by atoms with Crippen LogP contribution in [-0.2, 0) is 10.2 Å². The summed E-state index contributed by atoms with van der Waals surface area (Å²) in [5, 5.41) is 4.90. The highest BCUT2D eigenvalue weighted by atomic mass is 32.1. The van der Waals surface area contributed by atoms with Gasteiger partial charge in [-0.15, -0.1) is 11.3 Å². The molecule has 1 N–H and O–H groups in total. The Morgan fingerprint density at radius 2 is 1.70 bits per heavy atom. The molecule has 3 aliphatic heterocycles. The van der Waals surface area contributed by atoms with Crippen molar-refractivity contribution in [2.45, 2.75) is 17.5 Å². The van der Waals surface area contributed by atoms with Gasteiger partial charge in [0.2, 0.25) is 5.91 Å². The van der Waals surface area contributed by atoms with Crippen LogP contribution in [0.1, 0.15) is 31.2 Å². The van der Waals surface area contributed by atoms with E-state index in [0.29, 0.717) is 16.1 Å². The van der Waals surface area contributed by atoms with E-state index in [1.54, 1.807) is 30.6 Å². The summed E-state index contributed by atoms with van der Waals surface area (Å²) in [6, 6.07) is 20.9. The van der Waals surface area contributed by atoms with Crippen LogP contribution in [0.3, 0.4) is 0 Å². The maximum absolute atomic E-state index is 14.5. The van der Waals surface area contributed by atoms with E-state index in [1.807, 2.05) is 77.0 Å². The molecule has 3 aliphatic rings. The topological polar surface area (TPSA) is 79.4 Å². The van der Waals surface area contributed by atoms with Crippen LogP contribution >= 0.6 is 11.3 Å². The Morgan fingerprint density at radius 3 is 2.51 bits per heavy atom. The van der Waals surface area contributed by atoms with Crippen molar-refractivity contribution in [1.82, 2.24) is 4.98 Å². The van der Waals surface area contributed by atoms with E-state index in [-0.39, 0.29) is 17.5 Å². The van der Waals surface area contributed by atoms with E-state index in [0.717, 1.165) is 16.8 Å². The van der Waals surface area contributed by atoms with Gasteiger partial charge in [0.05, 0.1) is 16.8 Å². The highest BCUT2D eigenvalue weighted by molar-refractivity contribution is 7.12. The van der Waals surface area contributed by atoms with E-state index in [9.17, 15) is 14.4 Å². The maximum atomic E-state index is 14.5. The third-order valence-electron chi connectivity index (χ3n) is 7.82. The molecule has 4 atom stereocenters. The van der Waals surface area contributed by atoms with Gasteiger partial charge in [-0.05, 0) is 46.8 Å². The van der Waals surface area contributed by atoms with Gasteiger partial charge in [0.1, 0.15) is 11.5 Å². The number of nitrogens with one attached hydrogen (secondary N) is 1. The van der Waals surface area contributed by atoms with Crippen molar-refractivity contribution >= 4 is 46.3 Å². The van der Waals surface area contributed by atoms with Crippen molar-refractivity contribution in [1.29, 1.82) is 0 Å². The molecule has 0 radical (unpaired) electrons. The summed E-state index contributed by atoms with van der Waals surface area (Å²) < 4.78 is 0. The smallest absolute Gasteiger partial charge is 0.238 e. The molecule has 1 amide bonds. The van der Waals surface area contributed by atoms with Crippen LogP contribution in [-0.4, -0.2) is 34.5 Å². The zero-order chi connectivity index (χ0) is 25.1. The van der Waals surface area contributed by atoms with Crippen LogP contribution in [0.2, 0.25) is 0 Å². The van der Waals surface area contributed by atoms with Gasteiger partial charge in [0.25, 0.3) is 0 Å². The molecule has 0 saturated carbocycles. The summed E-state index contributed by atoms with van der Waals surface area (Å²) in [7, 11) is 0. The van der Waals surface area contributed by atoms with E-state index in [1.165, 1.54) is 11.3 Å². The van der Waals surface area contributed by atoms with Crippen LogP contribution in [0.15, 0.2) is 96.6 Å². The Balaban J connectivity index is 1.55. The first-order valence-electron chi connectivity index (χ1n) is 12.1. The number of para-hydroxylation sites is 2. The number of thiophene rings is 1. The highest BCUT2D eigenvalue weighted by Gasteiger charge is 2.70. The lowest BCUT2D eigenvalue weighted by atomic mass is 9.64. The molecular formula is C30H21N3O3S. The molecule has 0 unspecified atom stereocenters. The normalized spacial score (nSPS) is 24.9. The predicted molar refractivity (Wildman–Crippen MR) is 143 cm³/mol. The SMILES string of the molecule is O=C(c1cccs1)[C@@H]1[C@@H](C(=O)c2ccncc2)[C@]2(C(=O)Nc3ccccc32)[C@H]2C=Cc3ccccc3N12. The largest absolute Gasteiger partial charge is 0.352 e. The molecule has 6 nitrogen and oxygen atoms in total. The number of nitrogens with zero attached hydrogens (tertiary/aromatic N) is 2. The zero-order valence-corrected chi connectivity index (χ0v) is 20.4. The summed E-state index contributed by atoms with van der Waals surface area (Å²) >= 11 is 1.35. The van der Waals surface area contributed by atoms with Gasteiger partial charge in [0.15, 0.2) is 11.6 Å². The molecule has 5 heterocycles. The number of hydrogen-bond donors (Lipinski definition) is 1. The summed E-state index contributed by atoms with van der Waals surface area (Å²) in [6.45, 7) is 0. The lowest BCUT2D eigenvalue weighted by Crippen LogP contribution is -2.51. The van der Waals surface area contributed by atoms with Gasteiger partial charge >= 0.3 is 0 Å². The lowest BCUT2D eigenvalue weighted by Gasteiger charge is -2.37. The third-order valence-corrected chi connectivity index (χ3v) is 8.71. The summed E-state index contributed by atoms with van der Waals surface area (Å²) in [6.07, 6.45) is 7.11. The molecule has 1 spiro atoms. The quantitative estimate of drug-likeness (QED) is 0.397. The number of amides is 1. The Morgan fingerprint density at radius 1 is 0.919 bits per heavy atom. The number of fused-ring (bicyclic) bond motifs is 6. The number of hydrogen-bond acceptors (Lipinski definition) is 6. The predicted octanol–water partition coefficient (Wildman–Crippen LogP) is 5.00. The van der Waals surface area contributed by atoms with E-state index >= 15 is 0 Å². The minimum atomic E-state index is -1.29. The van der Waals surface area contributed by atoms with Crippen LogP contribution in [0.25, 0.3) is 6.08 Å². The van der Waals surface area contributed by atoms with Crippen LogP contribution < -0.4 is 10.2 Å². The molecule has 0 bridgehead atoms. The highest BCUT2D eigenvalue weighted by Crippen LogP contribution is 2.58. The van der Waals surface area contributed by atoms with E-state index < -0.39 is 23.4 Å². The first-order chi connectivity index (χ1) is 18.1. The molecule has 4 aromatic rings. The average molecular weight is 504 g/mol. The Bertz CT molecular complexity index is 1600. The molecule has 37 heavy (non-hydrogen) atoms.